The number of rotatable bonds is 3. The first-order valence-corrected chi connectivity index (χ1v) is 7.80. The summed E-state index contributed by atoms with van der Waals surface area (Å²) < 4.78 is 0. The summed E-state index contributed by atoms with van der Waals surface area (Å²) in [5.41, 5.74) is 0. The van der Waals surface area contributed by atoms with Crippen molar-refractivity contribution in [1.82, 2.24) is 15.1 Å². The maximum atomic E-state index is 3.65. The smallest absolute Gasteiger partial charge is 0.0351 e. The van der Waals surface area contributed by atoms with E-state index in [1.165, 1.54) is 51.6 Å². The summed E-state index contributed by atoms with van der Waals surface area (Å²) in [6.07, 6.45) is 8.65. The minimum absolute atomic E-state index is 0.659. The van der Waals surface area contributed by atoms with Crippen LogP contribution in [0.3, 0.4) is 0 Å². The maximum Gasteiger partial charge on any atom is 0.0351 e. The highest BCUT2D eigenvalue weighted by Crippen LogP contribution is 2.25. The van der Waals surface area contributed by atoms with Crippen molar-refractivity contribution in [2.45, 2.75) is 63.6 Å². The van der Waals surface area contributed by atoms with Crippen molar-refractivity contribution in [2.75, 3.05) is 33.7 Å². The Morgan fingerprint density at radius 1 is 1.11 bits per heavy atom. The molecule has 0 amide bonds. The first kappa shape index (κ1) is 14.3. The van der Waals surface area contributed by atoms with Crippen molar-refractivity contribution in [2.24, 2.45) is 0 Å². The molecule has 1 aliphatic carbocycles. The molecule has 0 aromatic heterocycles. The van der Waals surface area contributed by atoms with Gasteiger partial charge in [0.25, 0.3) is 0 Å². The standard InChI is InChI=1S/C15H31N3/c1-13-11-18(14-8-6-4-5-7-9-14)15(10-16-13)12-17(2)3/h13-16H,4-12H2,1-3H3. The molecule has 1 saturated carbocycles. The van der Waals surface area contributed by atoms with Crippen molar-refractivity contribution >= 4 is 0 Å². The van der Waals surface area contributed by atoms with Gasteiger partial charge in [0.2, 0.25) is 0 Å². The van der Waals surface area contributed by atoms with Gasteiger partial charge >= 0.3 is 0 Å². The number of likely N-dealkylation sites (N-methyl/N-ethyl adjacent to an activating group) is 1. The molecule has 106 valence electrons. The summed E-state index contributed by atoms with van der Waals surface area (Å²) in [7, 11) is 4.40. The van der Waals surface area contributed by atoms with Crippen LogP contribution in [-0.4, -0.2) is 61.7 Å². The average molecular weight is 253 g/mol. The fraction of sp³-hybridized carbons (Fsp3) is 1.00. The maximum absolute atomic E-state index is 3.65. The molecule has 1 saturated heterocycles. The van der Waals surface area contributed by atoms with Gasteiger partial charge in [0.1, 0.15) is 0 Å². The molecule has 0 bridgehead atoms. The lowest BCUT2D eigenvalue weighted by atomic mass is 10.0. The van der Waals surface area contributed by atoms with Crippen molar-refractivity contribution in [3.8, 4) is 0 Å². The first-order chi connectivity index (χ1) is 8.66. The zero-order valence-corrected chi connectivity index (χ0v) is 12.5. The monoisotopic (exact) mass is 253 g/mol. The third-order valence-electron chi connectivity index (χ3n) is 4.53. The van der Waals surface area contributed by atoms with Crippen LogP contribution in [0.15, 0.2) is 0 Å². The predicted octanol–water partition coefficient (Wildman–Crippen LogP) is 1.93. The highest BCUT2D eigenvalue weighted by Gasteiger charge is 2.31. The molecule has 1 aliphatic heterocycles. The van der Waals surface area contributed by atoms with E-state index in [9.17, 15) is 0 Å². The van der Waals surface area contributed by atoms with Gasteiger partial charge in [-0.1, -0.05) is 25.7 Å². The Morgan fingerprint density at radius 2 is 1.78 bits per heavy atom. The average Bonchev–Trinajstić information content (AvgIpc) is 2.59. The topological polar surface area (TPSA) is 18.5 Å². The molecule has 18 heavy (non-hydrogen) atoms. The van der Waals surface area contributed by atoms with E-state index in [4.69, 9.17) is 0 Å². The van der Waals surface area contributed by atoms with Crippen molar-refractivity contribution in [1.29, 1.82) is 0 Å². The quantitative estimate of drug-likeness (QED) is 0.776. The summed E-state index contributed by atoms with van der Waals surface area (Å²) in [6.45, 7) is 5.92. The second-order valence-corrected chi connectivity index (χ2v) is 6.57. The lowest BCUT2D eigenvalue weighted by molar-refractivity contribution is 0.0617. The van der Waals surface area contributed by atoms with Crippen LogP contribution in [-0.2, 0) is 0 Å². The zero-order valence-electron chi connectivity index (χ0n) is 12.5. The van der Waals surface area contributed by atoms with E-state index in [0.29, 0.717) is 12.1 Å². The highest BCUT2D eigenvalue weighted by molar-refractivity contribution is 4.90. The number of hydrogen-bond donors (Lipinski definition) is 1. The Bertz CT molecular complexity index is 232. The third-order valence-corrected chi connectivity index (χ3v) is 4.53. The second kappa shape index (κ2) is 6.88. The fourth-order valence-corrected chi connectivity index (χ4v) is 3.61. The van der Waals surface area contributed by atoms with Gasteiger partial charge < -0.3 is 10.2 Å². The van der Waals surface area contributed by atoms with Gasteiger partial charge in [0.15, 0.2) is 0 Å². The van der Waals surface area contributed by atoms with Crippen LogP contribution in [0.2, 0.25) is 0 Å². The van der Waals surface area contributed by atoms with Crippen LogP contribution < -0.4 is 5.32 Å². The third kappa shape index (κ3) is 3.94. The Labute approximate surface area is 113 Å². The number of nitrogens with one attached hydrogen (secondary N) is 1. The Balaban J connectivity index is 1.98. The lowest BCUT2D eigenvalue weighted by Gasteiger charge is -2.45. The first-order valence-electron chi connectivity index (χ1n) is 7.80. The van der Waals surface area contributed by atoms with E-state index in [0.717, 1.165) is 12.6 Å². The molecule has 0 spiro atoms. The van der Waals surface area contributed by atoms with Crippen LogP contribution in [0.5, 0.6) is 0 Å². The predicted molar refractivity (Wildman–Crippen MR) is 78.0 cm³/mol. The largest absolute Gasteiger partial charge is 0.311 e. The van der Waals surface area contributed by atoms with Crippen molar-refractivity contribution in [3.63, 3.8) is 0 Å². The van der Waals surface area contributed by atoms with Gasteiger partial charge in [-0.05, 0) is 33.9 Å². The molecule has 2 unspecified atom stereocenters. The van der Waals surface area contributed by atoms with Gasteiger partial charge in [-0.25, -0.2) is 0 Å². The molecule has 3 heteroatoms. The SMILES string of the molecule is CC1CN(C2CCCCCC2)C(CN(C)C)CN1. The summed E-state index contributed by atoms with van der Waals surface area (Å²) in [5, 5.41) is 3.65. The molecule has 0 radical (unpaired) electrons. The van der Waals surface area contributed by atoms with E-state index in [1.54, 1.807) is 0 Å². The second-order valence-electron chi connectivity index (χ2n) is 6.57. The Hall–Kier alpha value is -0.120. The molecule has 3 nitrogen and oxygen atoms in total. The highest BCUT2D eigenvalue weighted by atomic mass is 15.3. The molecule has 2 atom stereocenters. The fourth-order valence-electron chi connectivity index (χ4n) is 3.61. The Morgan fingerprint density at radius 3 is 2.39 bits per heavy atom. The minimum Gasteiger partial charge on any atom is -0.311 e. The summed E-state index contributed by atoms with van der Waals surface area (Å²) in [5.74, 6) is 0. The summed E-state index contributed by atoms with van der Waals surface area (Å²) in [6, 6.07) is 2.22. The van der Waals surface area contributed by atoms with E-state index in [1.807, 2.05) is 0 Å². The van der Waals surface area contributed by atoms with Crippen molar-refractivity contribution < 1.29 is 0 Å². The molecule has 1 heterocycles. The molecule has 2 rings (SSSR count). The van der Waals surface area contributed by atoms with Gasteiger partial charge in [0.05, 0.1) is 0 Å². The van der Waals surface area contributed by atoms with Gasteiger partial charge in [-0.2, -0.15) is 0 Å². The van der Waals surface area contributed by atoms with Gasteiger partial charge in [0, 0.05) is 37.8 Å². The van der Waals surface area contributed by atoms with Crippen LogP contribution in [0.25, 0.3) is 0 Å². The molecule has 0 aromatic carbocycles. The zero-order chi connectivity index (χ0) is 13.0. The van der Waals surface area contributed by atoms with Crippen LogP contribution in [0.1, 0.15) is 45.4 Å². The van der Waals surface area contributed by atoms with Crippen molar-refractivity contribution in [3.05, 3.63) is 0 Å². The molecule has 0 aromatic rings. The molecular weight excluding hydrogens is 222 g/mol. The van der Waals surface area contributed by atoms with E-state index < -0.39 is 0 Å². The van der Waals surface area contributed by atoms with Gasteiger partial charge in [-0.15, -0.1) is 0 Å². The lowest BCUT2D eigenvalue weighted by Crippen LogP contribution is -2.61. The van der Waals surface area contributed by atoms with Gasteiger partial charge in [-0.3, -0.25) is 4.90 Å². The summed E-state index contributed by atoms with van der Waals surface area (Å²) in [4.78, 5) is 5.17. The molecule has 2 fully saturated rings. The number of hydrogen-bond acceptors (Lipinski definition) is 3. The number of nitrogens with zero attached hydrogens (tertiary/aromatic N) is 2. The number of piperazine rings is 1. The van der Waals surface area contributed by atoms with Crippen LogP contribution >= 0.6 is 0 Å². The normalized spacial score (nSPS) is 32.7. The Kier molecular flexibility index (Phi) is 5.46. The molecule has 1 N–H and O–H groups in total. The summed E-state index contributed by atoms with van der Waals surface area (Å²) >= 11 is 0. The van der Waals surface area contributed by atoms with E-state index in [2.05, 4.69) is 36.1 Å². The van der Waals surface area contributed by atoms with Crippen LogP contribution in [0.4, 0.5) is 0 Å². The van der Waals surface area contributed by atoms with E-state index in [-0.39, 0.29) is 0 Å². The molecule has 2 aliphatic rings. The minimum atomic E-state index is 0.659. The van der Waals surface area contributed by atoms with Crippen LogP contribution in [0, 0.1) is 0 Å². The molecular formula is C15H31N3. The van der Waals surface area contributed by atoms with E-state index >= 15 is 0 Å².